The van der Waals surface area contributed by atoms with Crippen molar-refractivity contribution in [2.24, 2.45) is 0 Å². The van der Waals surface area contributed by atoms with Crippen LogP contribution in [0.25, 0.3) is 11.3 Å². The Bertz CT molecular complexity index is 492. The van der Waals surface area contributed by atoms with E-state index in [1.54, 1.807) is 24.5 Å². The molecular formula is C9H8N4O2. The van der Waals surface area contributed by atoms with E-state index in [0.29, 0.717) is 11.3 Å². The maximum absolute atomic E-state index is 10.7. The average Bonchev–Trinajstić information content (AvgIpc) is 2.61. The number of pyridine rings is 1. The van der Waals surface area contributed by atoms with Gasteiger partial charge in [0.1, 0.15) is 5.69 Å². The van der Waals surface area contributed by atoms with E-state index in [2.05, 4.69) is 15.2 Å². The van der Waals surface area contributed by atoms with Crippen molar-refractivity contribution < 1.29 is 9.90 Å². The van der Waals surface area contributed by atoms with Crippen molar-refractivity contribution in [1.29, 1.82) is 0 Å². The summed E-state index contributed by atoms with van der Waals surface area (Å²) in [7, 11) is 0. The van der Waals surface area contributed by atoms with E-state index in [0.717, 1.165) is 0 Å². The first kappa shape index (κ1) is 9.20. The van der Waals surface area contributed by atoms with Crippen molar-refractivity contribution in [3.63, 3.8) is 0 Å². The Balaban J connectivity index is 2.52. The molecule has 2 rings (SSSR count). The van der Waals surface area contributed by atoms with E-state index in [4.69, 9.17) is 10.8 Å². The van der Waals surface area contributed by atoms with Gasteiger partial charge in [0, 0.05) is 18.0 Å². The van der Waals surface area contributed by atoms with E-state index in [1.165, 1.54) is 0 Å². The monoisotopic (exact) mass is 204 g/mol. The van der Waals surface area contributed by atoms with E-state index in [-0.39, 0.29) is 11.4 Å². The number of rotatable bonds is 2. The smallest absolute Gasteiger partial charge is 0.356 e. The third-order valence-electron chi connectivity index (χ3n) is 1.95. The third-order valence-corrected chi connectivity index (χ3v) is 1.95. The molecule has 0 spiro atoms. The van der Waals surface area contributed by atoms with Gasteiger partial charge >= 0.3 is 5.97 Å². The number of H-pyrrole nitrogens is 1. The van der Waals surface area contributed by atoms with Crippen LogP contribution in [0.15, 0.2) is 24.5 Å². The van der Waals surface area contributed by atoms with Crippen LogP contribution in [0.3, 0.4) is 0 Å². The van der Waals surface area contributed by atoms with Gasteiger partial charge in [0.25, 0.3) is 0 Å². The van der Waals surface area contributed by atoms with E-state index >= 15 is 0 Å². The second-order valence-electron chi connectivity index (χ2n) is 2.91. The number of anilines is 1. The summed E-state index contributed by atoms with van der Waals surface area (Å²) in [4.78, 5) is 14.6. The molecule has 0 saturated heterocycles. The number of nitrogens with zero attached hydrogens (tertiary/aromatic N) is 2. The van der Waals surface area contributed by atoms with Crippen LogP contribution >= 0.6 is 0 Å². The first-order valence-electron chi connectivity index (χ1n) is 4.17. The molecule has 0 bridgehead atoms. The molecule has 0 aromatic carbocycles. The van der Waals surface area contributed by atoms with Crippen LogP contribution in [-0.4, -0.2) is 26.3 Å². The Labute approximate surface area is 84.8 Å². The maximum atomic E-state index is 10.7. The molecular weight excluding hydrogens is 196 g/mol. The van der Waals surface area contributed by atoms with Crippen LogP contribution in [0.2, 0.25) is 0 Å². The lowest BCUT2D eigenvalue weighted by molar-refractivity contribution is 0.0691. The molecule has 0 unspecified atom stereocenters. The van der Waals surface area contributed by atoms with Crippen LogP contribution in [0.4, 0.5) is 5.69 Å². The molecule has 4 N–H and O–H groups in total. The summed E-state index contributed by atoms with van der Waals surface area (Å²) < 4.78 is 0. The van der Waals surface area contributed by atoms with Crippen LogP contribution in [0, 0.1) is 0 Å². The van der Waals surface area contributed by atoms with Gasteiger partial charge in [0.05, 0.1) is 5.69 Å². The Morgan fingerprint density at radius 1 is 1.53 bits per heavy atom. The number of hydrogen-bond acceptors (Lipinski definition) is 4. The molecule has 6 heteroatoms. The van der Waals surface area contributed by atoms with Gasteiger partial charge in [-0.05, 0) is 12.1 Å². The molecule has 0 saturated carbocycles. The van der Waals surface area contributed by atoms with Crippen LogP contribution < -0.4 is 5.73 Å². The molecule has 0 aliphatic carbocycles. The van der Waals surface area contributed by atoms with Gasteiger partial charge in [-0.3, -0.25) is 10.1 Å². The Morgan fingerprint density at radius 3 is 2.87 bits per heavy atom. The predicted octanol–water partition coefficient (Wildman–Crippen LogP) is 0.752. The molecule has 0 aliphatic heterocycles. The first-order chi connectivity index (χ1) is 7.20. The van der Waals surface area contributed by atoms with Crippen molar-refractivity contribution in [1.82, 2.24) is 15.2 Å². The minimum Gasteiger partial charge on any atom is -0.476 e. The molecule has 2 aromatic heterocycles. The summed E-state index contributed by atoms with van der Waals surface area (Å²) in [5.41, 5.74) is 6.73. The van der Waals surface area contributed by atoms with Crippen molar-refractivity contribution in [2.45, 2.75) is 0 Å². The van der Waals surface area contributed by atoms with Gasteiger partial charge in [-0.2, -0.15) is 5.10 Å². The molecule has 0 radical (unpaired) electrons. The number of aromatic carboxylic acids is 1. The van der Waals surface area contributed by atoms with Gasteiger partial charge in [-0.1, -0.05) is 0 Å². The average molecular weight is 204 g/mol. The van der Waals surface area contributed by atoms with Gasteiger partial charge in [0.15, 0.2) is 5.69 Å². The van der Waals surface area contributed by atoms with Gasteiger partial charge in [-0.15, -0.1) is 0 Å². The predicted molar refractivity (Wildman–Crippen MR) is 53.2 cm³/mol. The SMILES string of the molecule is Nc1c(-c2cccnc2)n[nH]c1C(=O)O. The number of nitrogen functional groups attached to an aromatic ring is 1. The number of aromatic nitrogens is 3. The number of nitrogens with two attached hydrogens (primary N) is 1. The van der Waals surface area contributed by atoms with Gasteiger partial charge in [0.2, 0.25) is 0 Å². The second kappa shape index (κ2) is 3.41. The molecule has 2 aromatic rings. The van der Waals surface area contributed by atoms with Crippen molar-refractivity contribution >= 4 is 11.7 Å². The minimum atomic E-state index is -1.13. The van der Waals surface area contributed by atoms with Crippen LogP contribution in [0.1, 0.15) is 10.5 Å². The fourth-order valence-corrected chi connectivity index (χ4v) is 1.24. The minimum absolute atomic E-state index is 0.103. The Hall–Kier alpha value is -2.37. The first-order valence-corrected chi connectivity index (χ1v) is 4.17. The molecule has 0 amide bonds. The van der Waals surface area contributed by atoms with Crippen molar-refractivity contribution in [3.8, 4) is 11.3 Å². The Kier molecular flexibility index (Phi) is 2.09. The largest absolute Gasteiger partial charge is 0.476 e. The standard InChI is InChI=1S/C9H8N4O2/c10-6-7(5-2-1-3-11-4-5)12-13-8(6)9(14)15/h1-4H,10H2,(H,12,13)(H,14,15). The fourth-order valence-electron chi connectivity index (χ4n) is 1.24. The maximum Gasteiger partial charge on any atom is 0.356 e. The summed E-state index contributed by atoms with van der Waals surface area (Å²) >= 11 is 0. The zero-order valence-electron chi connectivity index (χ0n) is 7.64. The molecule has 2 heterocycles. The lowest BCUT2D eigenvalue weighted by Crippen LogP contribution is -2.01. The highest BCUT2D eigenvalue weighted by Gasteiger charge is 2.16. The molecule has 0 fully saturated rings. The third kappa shape index (κ3) is 1.52. The summed E-state index contributed by atoms with van der Waals surface area (Å²) in [6.45, 7) is 0. The lowest BCUT2D eigenvalue weighted by Gasteiger charge is -1.96. The highest BCUT2D eigenvalue weighted by atomic mass is 16.4. The van der Waals surface area contributed by atoms with Gasteiger partial charge < -0.3 is 10.8 Å². The Morgan fingerprint density at radius 2 is 2.33 bits per heavy atom. The molecule has 15 heavy (non-hydrogen) atoms. The number of carbonyl (C=O) groups is 1. The zero-order chi connectivity index (χ0) is 10.8. The highest BCUT2D eigenvalue weighted by Crippen LogP contribution is 2.24. The normalized spacial score (nSPS) is 10.1. The summed E-state index contributed by atoms with van der Waals surface area (Å²) in [6, 6.07) is 3.48. The summed E-state index contributed by atoms with van der Waals surface area (Å²) in [5.74, 6) is -1.13. The van der Waals surface area contributed by atoms with Crippen LogP contribution in [0.5, 0.6) is 0 Å². The number of nitrogens with one attached hydrogen (secondary N) is 1. The summed E-state index contributed by atoms with van der Waals surface area (Å²) in [5, 5.41) is 15.0. The fraction of sp³-hybridized carbons (Fsp3) is 0. The molecule has 6 nitrogen and oxygen atoms in total. The number of carboxylic acids is 1. The highest BCUT2D eigenvalue weighted by molar-refractivity contribution is 5.95. The quantitative estimate of drug-likeness (QED) is 0.669. The van der Waals surface area contributed by atoms with E-state index < -0.39 is 5.97 Å². The number of hydrogen-bond donors (Lipinski definition) is 3. The molecule has 0 atom stereocenters. The van der Waals surface area contributed by atoms with Gasteiger partial charge in [-0.25, -0.2) is 4.79 Å². The zero-order valence-corrected chi connectivity index (χ0v) is 7.64. The molecule has 76 valence electrons. The second-order valence-corrected chi connectivity index (χ2v) is 2.91. The lowest BCUT2D eigenvalue weighted by atomic mass is 10.2. The van der Waals surface area contributed by atoms with Crippen LogP contribution in [-0.2, 0) is 0 Å². The summed E-state index contributed by atoms with van der Waals surface area (Å²) in [6.07, 6.45) is 3.18. The number of aromatic amines is 1. The van der Waals surface area contributed by atoms with Crippen molar-refractivity contribution in [2.75, 3.05) is 5.73 Å². The number of carboxylic acid groups (broad SMARTS) is 1. The van der Waals surface area contributed by atoms with E-state index in [9.17, 15) is 4.79 Å². The molecule has 0 aliphatic rings. The topological polar surface area (TPSA) is 105 Å². The van der Waals surface area contributed by atoms with Crippen molar-refractivity contribution in [3.05, 3.63) is 30.2 Å². The van der Waals surface area contributed by atoms with E-state index in [1.807, 2.05) is 0 Å².